The van der Waals surface area contributed by atoms with Gasteiger partial charge in [0.1, 0.15) is 0 Å². The molecule has 0 aliphatic carbocycles. The number of nitrogens with zero attached hydrogens (tertiary/aromatic N) is 1. The van der Waals surface area contributed by atoms with Gasteiger partial charge in [-0.15, -0.1) is 0 Å². The van der Waals surface area contributed by atoms with E-state index < -0.39 is 0 Å². The van der Waals surface area contributed by atoms with Gasteiger partial charge in [0.15, 0.2) is 0 Å². The van der Waals surface area contributed by atoms with Crippen LogP contribution in [-0.4, -0.2) is 38.1 Å². The predicted octanol–water partition coefficient (Wildman–Crippen LogP) is 1.93. The average molecular weight is 261 g/mol. The molecule has 0 aromatic heterocycles. The minimum atomic E-state index is 0.487. The van der Waals surface area contributed by atoms with E-state index >= 15 is 0 Å². The summed E-state index contributed by atoms with van der Waals surface area (Å²) in [6.45, 7) is 6.40. The van der Waals surface area contributed by atoms with E-state index in [9.17, 15) is 0 Å². The molecule has 1 saturated heterocycles. The zero-order valence-corrected chi connectivity index (χ0v) is 12.2. The smallest absolute Gasteiger partial charge is 0.0349 e. The number of hydrogen-bond donors (Lipinski definition) is 2. The Labute approximate surface area is 117 Å². The van der Waals surface area contributed by atoms with Crippen molar-refractivity contribution in [3.8, 4) is 0 Å². The second-order valence-corrected chi connectivity index (χ2v) is 5.59. The molecule has 1 heterocycles. The molecule has 1 fully saturated rings. The topological polar surface area (TPSA) is 41.3 Å². The van der Waals surface area contributed by atoms with Gasteiger partial charge in [-0.3, -0.25) is 0 Å². The minimum Gasteiger partial charge on any atom is -0.329 e. The second-order valence-electron chi connectivity index (χ2n) is 5.59. The molecule has 2 rings (SSSR count). The van der Waals surface area contributed by atoms with E-state index in [4.69, 9.17) is 5.73 Å². The highest BCUT2D eigenvalue weighted by Crippen LogP contribution is 2.31. The van der Waals surface area contributed by atoms with E-state index in [2.05, 4.69) is 48.5 Å². The first kappa shape index (κ1) is 14.5. The standard InChI is InChI=1S/C16H27N3/c1-13-5-3-4-6-15(13)16(18-2)14-7-10-19(11-8-14)12-9-17/h3-6,14,16,18H,7-12,17H2,1-2H3. The molecule has 0 bridgehead atoms. The summed E-state index contributed by atoms with van der Waals surface area (Å²) < 4.78 is 0. The molecule has 1 unspecified atom stereocenters. The molecule has 3 N–H and O–H groups in total. The quantitative estimate of drug-likeness (QED) is 0.851. The van der Waals surface area contributed by atoms with Crippen molar-refractivity contribution in [3.05, 3.63) is 35.4 Å². The predicted molar refractivity (Wildman–Crippen MR) is 81.2 cm³/mol. The molecule has 1 aliphatic heterocycles. The van der Waals surface area contributed by atoms with Crippen molar-refractivity contribution in [2.75, 3.05) is 33.2 Å². The van der Waals surface area contributed by atoms with E-state index in [-0.39, 0.29) is 0 Å². The normalized spacial score (nSPS) is 19.5. The van der Waals surface area contributed by atoms with Crippen molar-refractivity contribution in [1.29, 1.82) is 0 Å². The lowest BCUT2D eigenvalue weighted by Crippen LogP contribution is -2.40. The number of benzene rings is 1. The highest BCUT2D eigenvalue weighted by molar-refractivity contribution is 5.29. The number of aryl methyl sites for hydroxylation is 1. The first-order valence-corrected chi connectivity index (χ1v) is 7.41. The molecule has 0 spiro atoms. The molecule has 0 amide bonds. The van der Waals surface area contributed by atoms with E-state index in [0.717, 1.165) is 19.0 Å². The molecule has 1 aliphatic rings. The van der Waals surface area contributed by atoms with Gasteiger partial charge in [0.2, 0.25) is 0 Å². The van der Waals surface area contributed by atoms with Gasteiger partial charge >= 0.3 is 0 Å². The number of rotatable bonds is 5. The van der Waals surface area contributed by atoms with Crippen molar-refractivity contribution in [2.24, 2.45) is 11.7 Å². The number of nitrogens with one attached hydrogen (secondary N) is 1. The van der Waals surface area contributed by atoms with Crippen LogP contribution in [0, 0.1) is 12.8 Å². The lowest BCUT2D eigenvalue weighted by molar-refractivity contribution is 0.164. The van der Waals surface area contributed by atoms with E-state index in [1.165, 1.54) is 37.1 Å². The monoisotopic (exact) mass is 261 g/mol. The van der Waals surface area contributed by atoms with Crippen LogP contribution < -0.4 is 11.1 Å². The maximum absolute atomic E-state index is 5.64. The third kappa shape index (κ3) is 3.56. The molecular formula is C16H27N3. The van der Waals surface area contributed by atoms with Gasteiger partial charge in [0.25, 0.3) is 0 Å². The van der Waals surface area contributed by atoms with Gasteiger partial charge in [0, 0.05) is 19.1 Å². The summed E-state index contributed by atoms with van der Waals surface area (Å²) in [5.41, 5.74) is 8.49. The molecule has 19 heavy (non-hydrogen) atoms. The van der Waals surface area contributed by atoms with Gasteiger partial charge in [-0.05, 0) is 56.9 Å². The highest BCUT2D eigenvalue weighted by atomic mass is 15.1. The second kappa shape index (κ2) is 7.04. The van der Waals surface area contributed by atoms with E-state index in [0.29, 0.717) is 6.04 Å². The molecule has 1 aromatic rings. The number of nitrogens with two attached hydrogens (primary N) is 1. The summed E-state index contributed by atoms with van der Waals surface area (Å²) in [6, 6.07) is 9.23. The van der Waals surface area contributed by atoms with Crippen molar-refractivity contribution < 1.29 is 0 Å². The van der Waals surface area contributed by atoms with Crippen LogP contribution in [0.15, 0.2) is 24.3 Å². The maximum Gasteiger partial charge on any atom is 0.0349 e. The SMILES string of the molecule is CNC(c1ccccc1C)C1CCN(CCN)CC1. The van der Waals surface area contributed by atoms with E-state index in [1.807, 2.05) is 0 Å². The highest BCUT2D eigenvalue weighted by Gasteiger charge is 2.26. The third-order valence-corrected chi connectivity index (χ3v) is 4.38. The van der Waals surface area contributed by atoms with E-state index in [1.54, 1.807) is 0 Å². The third-order valence-electron chi connectivity index (χ3n) is 4.38. The van der Waals surface area contributed by atoms with Crippen LogP contribution in [0.3, 0.4) is 0 Å². The summed E-state index contributed by atoms with van der Waals surface area (Å²) in [5.74, 6) is 0.736. The zero-order chi connectivity index (χ0) is 13.7. The van der Waals surface area contributed by atoms with Crippen LogP contribution in [0.1, 0.15) is 30.0 Å². The number of hydrogen-bond acceptors (Lipinski definition) is 3. The fraction of sp³-hybridized carbons (Fsp3) is 0.625. The maximum atomic E-state index is 5.64. The molecule has 106 valence electrons. The molecule has 0 radical (unpaired) electrons. The van der Waals surface area contributed by atoms with Gasteiger partial charge in [-0.25, -0.2) is 0 Å². The summed E-state index contributed by atoms with van der Waals surface area (Å²) in [6.07, 6.45) is 2.53. The average Bonchev–Trinajstić information content (AvgIpc) is 2.44. The van der Waals surface area contributed by atoms with Crippen molar-refractivity contribution in [1.82, 2.24) is 10.2 Å². The Bertz CT molecular complexity index is 383. The van der Waals surface area contributed by atoms with Gasteiger partial charge in [-0.1, -0.05) is 24.3 Å². The fourth-order valence-electron chi connectivity index (χ4n) is 3.27. The molecule has 0 saturated carbocycles. The van der Waals surface area contributed by atoms with Crippen LogP contribution >= 0.6 is 0 Å². The Hall–Kier alpha value is -0.900. The number of likely N-dealkylation sites (tertiary alicyclic amines) is 1. The molecule has 1 aromatic carbocycles. The lowest BCUT2D eigenvalue weighted by atomic mass is 9.84. The summed E-state index contributed by atoms with van der Waals surface area (Å²) in [7, 11) is 2.09. The van der Waals surface area contributed by atoms with Gasteiger partial charge in [-0.2, -0.15) is 0 Å². The number of piperidine rings is 1. The Morgan fingerprint density at radius 2 is 2.00 bits per heavy atom. The van der Waals surface area contributed by atoms with Crippen molar-refractivity contribution in [3.63, 3.8) is 0 Å². The van der Waals surface area contributed by atoms with Crippen LogP contribution in [0.2, 0.25) is 0 Å². The Morgan fingerprint density at radius 3 is 2.58 bits per heavy atom. The largest absolute Gasteiger partial charge is 0.329 e. The van der Waals surface area contributed by atoms with Crippen LogP contribution in [0.4, 0.5) is 0 Å². The lowest BCUT2D eigenvalue weighted by Gasteiger charge is -2.36. The molecule has 3 nitrogen and oxygen atoms in total. The van der Waals surface area contributed by atoms with Crippen molar-refractivity contribution in [2.45, 2.75) is 25.8 Å². The van der Waals surface area contributed by atoms with Crippen LogP contribution in [0.25, 0.3) is 0 Å². The van der Waals surface area contributed by atoms with Crippen LogP contribution in [-0.2, 0) is 0 Å². The first-order valence-electron chi connectivity index (χ1n) is 7.41. The Kier molecular flexibility index (Phi) is 5.37. The summed E-state index contributed by atoms with van der Waals surface area (Å²) >= 11 is 0. The van der Waals surface area contributed by atoms with Crippen LogP contribution in [0.5, 0.6) is 0 Å². The minimum absolute atomic E-state index is 0.487. The fourth-order valence-corrected chi connectivity index (χ4v) is 3.27. The molecular weight excluding hydrogens is 234 g/mol. The Balaban J connectivity index is 2.02. The molecule has 3 heteroatoms. The summed E-state index contributed by atoms with van der Waals surface area (Å²) in [5, 5.41) is 3.53. The first-order chi connectivity index (χ1) is 9.26. The summed E-state index contributed by atoms with van der Waals surface area (Å²) in [4.78, 5) is 2.49. The Morgan fingerprint density at radius 1 is 1.32 bits per heavy atom. The molecule has 1 atom stereocenters. The van der Waals surface area contributed by atoms with Gasteiger partial charge in [0.05, 0.1) is 0 Å². The zero-order valence-electron chi connectivity index (χ0n) is 12.2. The van der Waals surface area contributed by atoms with Gasteiger partial charge < -0.3 is 16.0 Å². The van der Waals surface area contributed by atoms with Crippen molar-refractivity contribution >= 4 is 0 Å².